The molecule has 1 aliphatic rings. The molecule has 3 nitrogen and oxygen atoms in total. The summed E-state index contributed by atoms with van der Waals surface area (Å²) in [6.07, 6.45) is 5.28. The quantitative estimate of drug-likeness (QED) is 0.743. The molecule has 0 aromatic carbocycles. The van der Waals surface area contributed by atoms with Crippen LogP contribution in [0, 0.1) is 0 Å². The lowest BCUT2D eigenvalue weighted by atomic mass is 9.97. The third kappa shape index (κ3) is 2.56. The Morgan fingerprint density at radius 1 is 1.60 bits per heavy atom. The molecule has 2 heterocycles. The lowest BCUT2D eigenvalue weighted by molar-refractivity contribution is 0.0552. The van der Waals surface area contributed by atoms with E-state index >= 15 is 0 Å². The number of alkyl halides is 1. The lowest BCUT2D eigenvalue weighted by Gasteiger charge is -2.34. The van der Waals surface area contributed by atoms with Crippen molar-refractivity contribution in [2.45, 2.75) is 32.0 Å². The number of imidazole rings is 1. The minimum atomic E-state index is -1.02. The predicted molar refractivity (Wildman–Crippen MR) is 57.2 cm³/mol. The summed E-state index contributed by atoms with van der Waals surface area (Å²) in [6, 6.07) is 0. The van der Waals surface area contributed by atoms with E-state index < -0.39 is 5.67 Å². The Balaban J connectivity index is 1.98. The van der Waals surface area contributed by atoms with E-state index in [-0.39, 0.29) is 0 Å². The molecule has 0 N–H and O–H groups in total. The second-order valence-electron chi connectivity index (χ2n) is 4.72. The monoisotopic (exact) mass is 211 g/mol. The highest BCUT2D eigenvalue weighted by atomic mass is 19.1. The van der Waals surface area contributed by atoms with Crippen LogP contribution in [0.25, 0.3) is 0 Å². The Morgan fingerprint density at radius 3 is 3.00 bits per heavy atom. The van der Waals surface area contributed by atoms with Gasteiger partial charge in [-0.1, -0.05) is 0 Å². The highest BCUT2D eigenvalue weighted by molar-refractivity contribution is 4.98. The van der Waals surface area contributed by atoms with Gasteiger partial charge in [-0.2, -0.15) is 0 Å². The topological polar surface area (TPSA) is 21.1 Å². The molecule has 1 fully saturated rings. The van der Waals surface area contributed by atoms with Gasteiger partial charge in [0.1, 0.15) is 5.67 Å². The van der Waals surface area contributed by atoms with E-state index in [1.165, 1.54) is 0 Å². The summed E-state index contributed by atoms with van der Waals surface area (Å²) in [5.41, 5.74) is 0.129. The third-order valence-electron chi connectivity index (χ3n) is 3.03. The first kappa shape index (κ1) is 10.6. The first-order valence-electron chi connectivity index (χ1n) is 5.43. The fraction of sp³-hybridized carbons (Fsp3) is 0.727. The SMILES string of the molecule is Cn1cncc1CN1CCC[C@](C)(F)C1. The molecule has 84 valence electrons. The van der Waals surface area contributed by atoms with Crippen molar-refractivity contribution < 1.29 is 4.39 Å². The van der Waals surface area contributed by atoms with Crippen LogP contribution in [0.15, 0.2) is 12.5 Å². The molecular weight excluding hydrogens is 193 g/mol. The fourth-order valence-electron chi connectivity index (χ4n) is 2.20. The first-order valence-corrected chi connectivity index (χ1v) is 5.43. The van der Waals surface area contributed by atoms with Crippen LogP contribution in [0.2, 0.25) is 0 Å². The summed E-state index contributed by atoms with van der Waals surface area (Å²) in [5, 5.41) is 0. The maximum atomic E-state index is 13.8. The van der Waals surface area contributed by atoms with E-state index in [0.29, 0.717) is 13.0 Å². The number of aromatic nitrogens is 2. The van der Waals surface area contributed by atoms with Crippen molar-refractivity contribution in [3.63, 3.8) is 0 Å². The number of rotatable bonds is 2. The Hall–Kier alpha value is -0.900. The molecular formula is C11H18FN3. The van der Waals surface area contributed by atoms with Gasteiger partial charge in [-0.15, -0.1) is 0 Å². The molecule has 0 bridgehead atoms. The second kappa shape index (κ2) is 3.93. The summed E-state index contributed by atoms with van der Waals surface area (Å²) in [5.74, 6) is 0. The van der Waals surface area contributed by atoms with Crippen LogP contribution in [-0.2, 0) is 13.6 Å². The Bertz CT molecular complexity index is 332. The largest absolute Gasteiger partial charge is 0.337 e. The van der Waals surface area contributed by atoms with E-state index in [0.717, 1.165) is 25.2 Å². The molecule has 1 atom stereocenters. The van der Waals surface area contributed by atoms with Crippen LogP contribution in [0.5, 0.6) is 0 Å². The average Bonchev–Trinajstić information content (AvgIpc) is 2.50. The smallest absolute Gasteiger partial charge is 0.120 e. The van der Waals surface area contributed by atoms with Crippen LogP contribution >= 0.6 is 0 Å². The zero-order valence-corrected chi connectivity index (χ0v) is 9.41. The number of hydrogen-bond acceptors (Lipinski definition) is 2. The number of piperidine rings is 1. The van der Waals surface area contributed by atoms with Gasteiger partial charge in [0, 0.05) is 26.3 Å². The van der Waals surface area contributed by atoms with Gasteiger partial charge in [0.05, 0.1) is 12.0 Å². The molecule has 0 amide bonds. The Morgan fingerprint density at radius 2 is 2.40 bits per heavy atom. The Kier molecular flexibility index (Phi) is 2.78. The molecule has 0 unspecified atom stereocenters. The van der Waals surface area contributed by atoms with Gasteiger partial charge in [0.15, 0.2) is 0 Å². The summed E-state index contributed by atoms with van der Waals surface area (Å²) in [4.78, 5) is 6.23. The molecule has 15 heavy (non-hydrogen) atoms. The van der Waals surface area contributed by atoms with Gasteiger partial charge >= 0.3 is 0 Å². The van der Waals surface area contributed by atoms with Crippen LogP contribution in [0.1, 0.15) is 25.5 Å². The van der Waals surface area contributed by atoms with Gasteiger partial charge in [-0.25, -0.2) is 9.37 Å². The first-order chi connectivity index (χ1) is 7.07. The molecule has 1 aromatic heterocycles. The van der Waals surface area contributed by atoms with Gasteiger partial charge in [0.25, 0.3) is 0 Å². The average molecular weight is 211 g/mol. The summed E-state index contributed by atoms with van der Waals surface area (Å²) < 4.78 is 15.8. The molecule has 2 rings (SSSR count). The molecule has 0 radical (unpaired) electrons. The van der Waals surface area contributed by atoms with Crippen LogP contribution < -0.4 is 0 Å². The van der Waals surface area contributed by atoms with Crippen molar-refractivity contribution in [3.05, 3.63) is 18.2 Å². The van der Waals surface area contributed by atoms with Gasteiger partial charge < -0.3 is 4.57 Å². The standard InChI is InChI=1S/C11H18FN3/c1-11(12)4-3-5-15(8-11)7-10-6-13-9-14(10)2/h6,9H,3-5,7-8H2,1-2H3/t11-/m0/s1. The van der Waals surface area contributed by atoms with E-state index in [2.05, 4.69) is 9.88 Å². The summed E-state index contributed by atoms with van der Waals surface area (Å²) >= 11 is 0. The zero-order valence-electron chi connectivity index (χ0n) is 9.41. The van der Waals surface area contributed by atoms with Gasteiger partial charge in [-0.05, 0) is 26.3 Å². The van der Waals surface area contributed by atoms with Crippen molar-refractivity contribution >= 4 is 0 Å². The van der Waals surface area contributed by atoms with Crippen molar-refractivity contribution in [3.8, 4) is 0 Å². The number of nitrogens with zero attached hydrogens (tertiary/aromatic N) is 3. The molecule has 1 saturated heterocycles. The lowest BCUT2D eigenvalue weighted by Crippen LogP contribution is -2.43. The number of aryl methyl sites for hydroxylation is 1. The normalized spacial score (nSPS) is 28.2. The molecule has 1 aromatic rings. The summed E-state index contributed by atoms with van der Waals surface area (Å²) in [6.45, 7) is 4.03. The van der Waals surface area contributed by atoms with Crippen molar-refractivity contribution in [1.82, 2.24) is 14.5 Å². The molecule has 1 aliphatic heterocycles. The number of likely N-dealkylation sites (tertiary alicyclic amines) is 1. The van der Waals surface area contributed by atoms with Crippen LogP contribution in [0.4, 0.5) is 4.39 Å². The third-order valence-corrected chi connectivity index (χ3v) is 3.03. The van der Waals surface area contributed by atoms with Crippen molar-refractivity contribution in [2.75, 3.05) is 13.1 Å². The highest BCUT2D eigenvalue weighted by Gasteiger charge is 2.30. The van der Waals surface area contributed by atoms with E-state index in [4.69, 9.17) is 0 Å². The molecule has 0 spiro atoms. The number of hydrogen-bond donors (Lipinski definition) is 0. The van der Waals surface area contributed by atoms with E-state index in [1.807, 2.05) is 17.8 Å². The second-order valence-corrected chi connectivity index (χ2v) is 4.72. The Labute approximate surface area is 89.9 Å². The fourth-order valence-corrected chi connectivity index (χ4v) is 2.20. The van der Waals surface area contributed by atoms with Gasteiger partial charge in [0.2, 0.25) is 0 Å². The van der Waals surface area contributed by atoms with Crippen molar-refractivity contribution in [1.29, 1.82) is 0 Å². The van der Waals surface area contributed by atoms with Crippen molar-refractivity contribution in [2.24, 2.45) is 7.05 Å². The molecule has 0 saturated carbocycles. The van der Waals surface area contributed by atoms with E-state index in [1.54, 1.807) is 13.3 Å². The molecule has 4 heteroatoms. The van der Waals surface area contributed by atoms with E-state index in [9.17, 15) is 4.39 Å². The predicted octanol–water partition coefficient (Wildman–Crippen LogP) is 1.74. The zero-order chi connectivity index (χ0) is 10.9. The van der Waals surface area contributed by atoms with Crippen LogP contribution in [0.3, 0.4) is 0 Å². The summed E-state index contributed by atoms with van der Waals surface area (Å²) in [7, 11) is 1.97. The van der Waals surface area contributed by atoms with Crippen LogP contribution in [-0.4, -0.2) is 33.2 Å². The maximum Gasteiger partial charge on any atom is 0.120 e. The van der Waals surface area contributed by atoms with Gasteiger partial charge in [-0.3, -0.25) is 4.90 Å². The maximum absolute atomic E-state index is 13.8. The highest BCUT2D eigenvalue weighted by Crippen LogP contribution is 2.25. The minimum Gasteiger partial charge on any atom is -0.337 e. The number of halogens is 1. The minimum absolute atomic E-state index is 0.540. The molecule has 0 aliphatic carbocycles.